The van der Waals surface area contributed by atoms with Crippen LogP contribution in [0.5, 0.6) is 0 Å². The summed E-state index contributed by atoms with van der Waals surface area (Å²) in [5, 5.41) is 9.04. The van der Waals surface area contributed by atoms with Crippen molar-refractivity contribution in [2.24, 2.45) is 5.14 Å². The Balaban J connectivity index is 1.63. The van der Waals surface area contributed by atoms with Crippen LogP contribution in [-0.2, 0) is 32.5 Å². The molecule has 0 saturated heterocycles. The number of fused-ring (bicyclic) bond motifs is 1. The number of nitrogens with one attached hydrogen (secondary N) is 1. The summed E-state index contributed by atoms with van der Waals surface area (Å²) < 4.78 is 29.3. The Labute approximate surface area is 239 Å². The van der Waals surface area contributed by atoms with E-state index in [2.05, 4.69) is 10.3 Å². The third-order valence-corrected chi connectivity index (χ3v) is 8.32. The smallest absolute Gasteiger partial charge is 0.337 e. The molecule has 0 unspecified atom stereocenters. The van der Waals surface area contributed by atoms with Crippen molar-refractivity contribution in [2.45, 2.75) is 29.9 Å². The zero-order valence-electron chi connectivity index (χ0n) is 21.5. The number of carbonyl (C=O) groups is 2. The van der Waals surface area contributed by atoms with Crippen LogP contribution < -0.4 is 16.0 Å². The number of anilines is 1. The zero-order valence-corrected chi connectivity index (χ0v) is 23.9. The summed E-state index contributed by atoms with van der Waals surface area (Å²) in [6.07, 6.45) is 0.375. The number of halogens is 1. The van der Waals surface area contributed by atoms with E-state index < -0.39 is 16.0 Å². The fraction of sp³-hybridized carbons (Fsp3) is 0.185. The van der Waals surface area contributed by atoms with E-state index >= 15 is 0 Å². The Bertz CT molecular complexity index is 1770. The van der Waals surface area contributed by atoms with Crippen LogP contribution in [0.15, 0.2) is 75.5 Å². The molecule has 3 N–H and O–H groups in total. The predicted octanol–water partition coefficient (Wildman–Crippen LogP) is 3.77. The molecule has 0 aliphatic carbocycles. The van der Waals surface area contributed by atoms with Gasteiger partial charge in [-0.25, -0.2) is 23.3 Å². The van der Waals surface area contributed by atoms with E-state index in [-0.39, 0.29) is 44.9 Å². The maximum absolute atomic E-state index is 13.5. The van der Waals surface area contributed by atoms with Gasteiger partial charge in [-0.15, -0.1) is 0 Å². The second-order valence-corrected chi connectivity index (χ2v) is 11.7. The minimum Gasteiger partial charge on any atom is -0.465 e. The number of aryl methyl sites for hydroxylation is 2. The third-order valence-electron chi connectivity index (χ3n) is 6.01. The Morgan fingerprint density at radius 1 is 1.10 bits per heavy atom. The van der Waals surface area contributed by atoms with Gasteiger partial charge in [0.15, 0.2) is 5.16 Å². The molecular weight excluding hydrogens is 576 g/mol. The fourth-order valence-corrected chi connectivity index (χ4v) is 5.36. The number of nitrogens with two attached hydrogens (primary N) is 1. The van der Waals surface area contributed by atoms with Crippen LogP contribution in [0.25, 0.3) is 10.9 Å². The van der Waals surface area contributed by atoms with Crippen molar-refractivity contribution in [3.8, 4) is 0 Å². The molecule has 0 fully saturated rings. The van der Waals surface area contributed by atoms with Crippen LogP contribution in [0.4, 0.5) is 5.69 Å². The van der Waals surface area contributed by atoms with Gasteiger partial charge in [-0.1, -0.05) is 41.6 Å². The summed E-state index contributed by atoms with van der Waals surface area (Å²) in [4.78, 5) is 42.8. The van der Waals surface area contributed by atoms with Gasteiger partial charge < -0.3 is 10.1 Å². The summed E-state index contributed by atoms with van der Waals surface area (Å²) in [5.41, 5.74) is 2.36. The van der Waals surface area contributed by atoms with Gasteiger partial charge in [0, 0.05) is 17.3 Å². The highest BCUT2D eigenvalue weighted by atomic mass is 35.5. The van der Waals surface area contributed by atoms with Crippen LogP contribution in [0.3, 0.4) is 0 Å². The molecule has 4 aromatic rings. The van der Waals surface area contributed by atoms with Crippen molar-refractivity contribution >= 4 is 61.9 Å². The average Bonchev–Trinajstić information content (AvgIpc) is 2.92. The Morgan fingerprint density at radius 2 is 1.82 bits per heavy atom. The molecule has 0 aliphatic rings. The number of rotatable bonds is 9. The highest BCUT2D eigenvalue weighted by Crippen LogP contribution is 2.23. The first kappa shape index (κ1) is 29.3. The number of amides is 1. The number of thioether (sulfide) groups is 1. The third kappa shape index (κ3) is 6.89. The van der Waals surface area contributed by atoms with E-state index in [1.807, 2.05) is 6.92 Å². The number of aromatic nitrogens is 2. The molecular formula is C27H25ClN4O6S2. The van der Waals surface area contributed by atoms with Crippen molar-refractivity contribution in [3.63, 3.8) is 0 Å². The number of esters is 1. The van der Waals surface area contributed by atoms with Crippen LogP contribution in [-0.4, -0.2) is 42.7 Å². The highest BCUT2D eigenvalue weighted by molar-refractivity contribution is 7.99. The van der Waals surface area contributed by atoms with Gasteiger partial charge in [-0.05, 0) is 66.9 Å². The van der Waals surface area contributed by atoms with E-state index in [9.17, 15) is 22.8 Å². The molecule has 1 aromatic heterocycles. The summed E-state index contributed by atoms with van der Waals surface area (Å²) in [6.45, 7) is 2.06. The van der Waals surface area contributed by atoms with E-state index in [4.69, 9.17) is 21.5 Å². The number of hydrogen-bond acceptors (Lipinski definition) is 8. The van der Waals surface area contributed by atoms with Gasteiger partial charge in [0.25, 0.3) is 5.56 Å². The fourth-order valence-electron chi connectivity index (χ4n) is 3.84. The summed E-state index contributed by atoms with van der Waals surface area (Å²) >= 11 is 7.22. The van der Waals surface area contributed by atoms with Gasteiger partial charge >= 0.3 is 5.97 Å². The van der Waals surface area contributed by atoms with Crippen molar-refractivity contribution in [3.05, 3.63) is 92.7 Å². The van der Waals surface area contributed by atoms with Crippen LogP contribution in [0, 0.1) is 6.92 Å². The minimum absolute atomic E-state index is 0.0145. The number of methoxy groups -OCH3 is 1. The normalized spacial score (nSPS) is 11.4. The number of carbonyl (C=O) groups excluding carboxylic acids is 2. The zero-order chi connectivity index (χ0) is 29.0. The first-order chi connectivity index (χ1) is 19.0. The second-order valence-electron chi connectivity index (χ2n) is 8.81. The SMILES string of the molecule is COC(=O)c1ccc2c(=O)n(CCc3ccc(S(N)(=O)=O)cc3)c(SCC(=O)Nc3ccc(C)c(Cl)c3)nc2c1. The number of hydrogen-bond donors (Lipinski definition) is 2. The van der Waals surface area contributed by atoms with Gasteiger partial charge in [0.2, 0.25) is 15.9 Å². The van der Waals surface area contributed by atoms with Crippen molar-refractivity contribution in [1.29, 1.82) is 0 Å². The largest absolute Gasteiger partial charge is 0.465 e. The molecule has 0 aliphatic heterocycles. The van der Waals surface area contributed by atoms with Gasteiger partial charge in [0.1, 0.15) is 0 Å². The van der Waals surface area contributed by atoms with E-state index in [1.165, 1.54) is 42.0 Å². The molecule has 13 heteroatoms. The molecule has 1 heterocycles. The monoisotopic (exact) mass is 600 g/mol. The van der Waals surface area contributed by atoms with Gasteiger partial charge in [0.05, 0.1) is 34.2 Å². The number of ether oxygens (including phenoxy) is 1. The topological polar surface area (TPSA) is 150 Å². The summed E-state index contributed by atoms with van der Waals surface area (Å²) in [5.74, 6) is -0.947. The van der Waals surface area contributed by atoms with Crippen molar-refractivity contribution in [1.82, 2.24) is 9.55 Å². The van der Waals surface area contributed by atoms with Crippen LogP contribution in [0.2, 0.25) is 5.02 Å². The Morgan fingerprint density at radius 3 is 2.48 bits per heavy atom. The second kappa shape index (κ2) is 12.2. The summed E-state index contributed by atoms with van der Waals surface area (Å²) in [7, 11) is -2.57. The number of benzene rings is 3. The molecule has 0 spiro atoms. The molecule has 0 saturated carbocycles. The summed E-state index contributed by atoms with van der Waals surface area (Å²) in [6, 6.07) is 15.7. The van der Waals surface area contributed by atoms with Crippen molar-refractivity contribution in [2.75, 3.05) is 18.2 Å². The molecule has 1 amide bonds. The van der Waals surface area contributed by atoms with Crippen LogP contribution >= 0.6 is 23.4 Å². The quantitative estimate of drug-likeness (QED) is 0.167. The number of sulfonamides is 1. The molecule has 40 heavy (non-hydrogen) atoms. The molecule has 208 valence electrons. The van der Waals surface area contributed by atoms with E-state index in [0.717, 1.165) is 22.9 Å². The van der Waals surface area contributed by atoms with E-state index in [0.29, 0.717) is 22.5 Å². The van der Waals surface area contributed by atoms with Crippen molar-refractivity contribution < 1.29 is 22.7 Å². The van der Waals surface area contributed by atoms with E-state index in [1.54, 1.807) is 30.3 Å². The maximum Gasteiger partial charge on any atom is 0.337 e. The standard InChI is InChI=1S/C27H25ClN4O6S2/c1-16-3-7-19(14-22(16)28)30-24(33)15-39-27-31-23-13-18(26(35)38-2)6-10-21(23)25(34)32(27)12-11-17-4-8-20(9-5-17)40(29,36)37/h3-10,13-14H,11-12,15H2,1-2H3,(H,30,33)(H2,29,36,37). The van der Waals surface area contributed by atoms with Gasteiger partial charge in [-0.2, -0.15) is 0 Å². The lowest BCUT2D eigenvalue weighted by molar-refractivity contribution is -0.113. The molecule has 0 bridgehead atoms. The molecule has 10 nitrogen and oxygen atoms in total. The molecule has 0 radical (unpaired) electrons. The number of nitrogens with zero attached hydrogens (tertiary/aromatic N) is 2. The average molecular weight is 601 g/mol. The van der Waals surface area contributed by atoms with Crippen LogP contribution in [0.1, 0.15) is 21.5 Å². The lowest BCUT2D eigenvalue weighted by Crippen LogP contribution is -2.25. The first-order valence-electron chi connectivity index (χ1n) is 11.9. The lowest BCUT2D eigenvalue weighted by Gasteiger charge is -2.14. The highest BCUT2D eigenvalue weighted by Gasteiger charge is 2.16. The lowest BCUT2D eigenvalue weighted by atomic mass is 10.1. The maximum atomic E-state index is 13.5. The predicted molar refractivity (Wildman–Crippen MR) is 154 cm³/mol. The number of primary sulfonamides is 1. The molecule has 3 aromatic carbocycles. The Hall–Kier alpha value is -3.71. The first-order valence-corrected chi connectivity index (χ1v) is 14.8. The molecule has 0 atom stereocenters. The minimum atomic E-state index is -3.83. The molecule has 4 rings (SSSR count). The Kier molecular flexibility index (Phi) is 8.94. The van der Waals surface area contributed by atoms with Gasteiger partial charge in [-0.3, -0.25) is 14.2 Å².